The third-order valence-corrected chi connectivity index (χ3v) is 3.36. The average Bonchev–Trinajstić information content (AvgIpc) is 2.27. The maximum absolute atomic E-state index is 11.3. The van der Waals surface area contributed by atoms with Crippen LogP contribution in [0.1, 0.15) is 33.1 Å². The SMILES string of the molecule is CCNC(=O)CCN1CCC(C(=O)O)CC1C. The van der Waals surface area contributed by atoms with Gasteiger partial charge in [-0.3, -0.25) is 9.59 Å². The van der Waals surface area contributed by atoms with Gasteiger partial charge in [-0.15, -0.1) is 0 Å². The molecule has 2 N–H and O–H groups in total. The molecular formula is C12H22N2O3. The van der Waals surface area contributed by atoms with Gasteiger partial charge >= 0.3 is 5.97 Å². The van der Waals surface area contributed by atoms with Gasteiger partial charge in [-0.05, 0) is 33.2 Å². The number of carboxylic acids is 1. The molecule has 1 heterocycles. The van der Waals surface area contributed by atoms with E-state index in [0.29, 0.717) is 25.8 Å². The van der Waals surface area contributed by atoms with Crippen LogP contribution in [0, 0.1) is 5.92 Å². The van der Waals surface area contributed by atoms with E-state index < -0.39 is 5.97 Å². The summed E-state index contributed by atoms with van der Waals surface area (Å²) in [5.41, 5.74) is 0. The zero-order valence-corrected chi connectivity index (χ0v) is 10.6. The zero-order valence-electron chi connectivity index (χ0n) is 10.6. The molecule has 0 aromatic heterocycles. The lowest BCUT2D eigenvalue weighted by Gasteiger charge is -2.36. The van der Waals surface area contributed by atoms with Crippen LogP contribution in [0.15, 0.2) is 0 Å². The van der Waals surface area contributed by atoms with E-state index in [1.54, 1.807) is 0 Å². The number of nitrogens with one attached hydrogen (secondary N) is 1. The van der Waals surface area contributed by atoms with E-state index >= 15 is 0 Å². The number of amides is 1. The Morgan fingerprint density at radius 2 is 2.18 bits per heavy atom. The van der Waals surface area contributed by atoms with Crippen molar-refractivity contribution in [3.05, 3.63) is 0 Å². The fourth-order valence-electron chi connectivity index (χ4n) is 2.31. The Morgan fingerprint density at radius 1 is 1.47 bits per heavy atom. The summed E-state index contributed by atoms with van der Waals surface area (Å²) in [5.74, 6) is -0.842. The highest BCUT2D eigenvalue weighted by atomic mass is 16.4. The number of hydrogen-bond donors (Lipinski definition) is 2. The minimum atomic E-state index is -0.694. The molecule has 1 saturated heterocycles. The smallest absolute Gasteiger partial charge is 0.306 e. The summed E-state index contributed by atoms with van der Waals surface area (Å²) in [7, 11) is 0. The highest BCUT2D eigenvalue weighted by Crippen LogP contribution is 2.22. The predicted molar refractivity (Wildman–Crippen MR) is 64.7 cm³/mol. The lowest BCUT2D eigenvalue weighted by Crippen LogP contribution is -2.44. The zero-order chi connectivity index (χ0) is 12.8. The molecule has 5 heteroatoms. The average molecular weight is 242 g/mol. The summed E-state index contributed by atoms with van der Waals surface area (Å²) in [6.07, 6.45) is 1.87. The summed E-state index contributed by atoms with van der Waals surface area (Å²) in [5, 5.41) is 11.7. The van der Waals surface area contributed by atoms with Gasteiger partial charge in [0.2, 0.25) is 5.91 Å². The molecule has 1 aliphatic heterocycles. The molecule has 98 valence electrons. The Hall–Kier alpha value is -1.10. The molecule has 0 aliphatic carbocycles. The van der Waals surface area contributed by atoms with Crippen molar-refractivity contribution in [2.24, 2.45) is 5.92 Å². The molecular weight excluding hydrogens is 220 g/mol. The fraction of sp³-hybridized carbons (Fsp3) is 0.833. The standard InChI is InChI=1S/C12H22N2O3/c1-3-13-11(15)5-7-14-6-4-10(12(16)17)8-9(14)2/h9-10H,3-8H2,1-2H3,(H,13,15)(H,16,17). The van der Waals surface area contributed by atoms with Gasteiger partial charge in [-0.1, -0.05) is 0 Å². The molecule has 1 fully saturated rings. The second-order valence-corrected chi connectivity index (χ2v) is 4.65. The normalized spacial score (nSPS) is 25.5. The van der Waals surface area contributed by atoms with Gasteiger partial charge in [-0.25, -0.2) is 0 Å². The van der Waals surface area contributed by atoms with Gasteiger partial charge in [0.05, 0.1) is 5.92 Å². The van der Waals surface area contributed by atoms with Crippen LogP contribution < -0.4 is 5.32 Å². The third-order valence-electron chi connectivity index (χ3n) is 3.36. The lowest BCUT2D eigenvalue weighted by atomic mass is 9.91. The molecule has 17 heavy (non-hydrogen) atoms. The molecule has 1 rings (SSSR count). The Labute approximate surface area is 102 Å². The van der Waals surface area contributed by atoms with Crippen LogP contribution in [-0.2, 0) is 9.59 Å². The van der Waals surface area contributed by atoms with E-state index in [-0.39, 0.29) is 17.9 Å². The molecule has 0 spiro atoms. The first-order valence-corrected chi connectivity index (χ1v) is 6.28. The number of carbonyl (C=O) groups is 2. The molecule has 5 nitrogen and oxygen atoms in total. The van der Waals surface area contributed by atoms with E-state index in [9.17, 15) is 9.59 Å². The van der Waals surface area contributed by atoms with E-state index in [2.05, 4.69) is 10.2 Å². The van der Waals surface area contributed by atoms with E-state index in [4.69, 9.17) is 5.11 Å². The number of carbonyl (C=O) groups excluding carboxylic acids is 1. The summed E-state index contributed by atoms with van der Waals surface area (Å²) in [6, 6.07) is 0.249. The van der Waals surface area contributed by atoms with Crippen LogP contribution in [0.4, 0.5) is 0 Å². The fourth-order valence-corrected chi connectivity index (χ4v) is 2.31. The second kappa shape index (κ2) is 6.59. The van der Waals surface area contributed by atoms with Crippen molar-refractivity contribution in [2.75, 3.05) is 19.6 Å². The quantitative estimate of drug-likeness (QED) is 0.744. The van der Waals surface area contributed by atoms with Crippen LogP contribution in [0.25, 0.3) is 0 Å². The number of piperidine rings is 1. The van der Waals surface area contributed by atoms with Crippen molar-refractivity contribution in [2.45, 2.75) is 39.2 Å². The number of likely N-dealkylation sites (tertiary alicyclic amines) is 1. The first-order valence-electron chi connectivity index (χ1n) is 6.28. The number of nitrogens with zero attached hydrogens (tertiary/aromatic N) is 1. The Bertz CT molecular complexity index is 281. The Morgan fingerprint density at radius 3 is 2.71 bits per heavy atom. The van der Waals surface area contributed by atoms with E-state index in [0.717, 1.165) is 13.1 Å². The lowest BCUT2D eigenvalue weighted by molar-refractivity contribution is -0.144. The van der Waals surface area contributed by atoms with Gasteiger partial charge < -0.3 is 15.3 Å². The van der Waals surface area contributed by atoms with Crippen molar-refractivity contribution in [3.63, 3.8) is 0 Å². The number of hydrogen-bond acceptors (Lipinski definition) is 3. The van der Waals surface area contributed by atoms with Gasteiger partial charge in [0.15, 0.2) is 0 Å². The molecule has 0 aromatic rings. The van der Waals surface area contributed by atoms with Crippen molar-refractivity contribution in [1.29, 1.82) is 0 Å². The van der Waals surface area contributed by atoms with Crippen molar-refractivity contribution >= 4 is 11.9 Å². The molecule has 0 bridgehead atoms. The van der Waals surface area contributed by atoms with Gasteiger partial charge in [-0.2, -0.15) is 0 Å². The second-order valence-electron chi connectivity index (χ2n) is 4.65. The van der Waals surface area contributed by atoms with Crippen molar-refractivity contribution in [1.82, 2.24) is 10.2 Å². The largest absolute Gasteiger partial charge is 0.481 e. The topological polar surface area (TPSA) is 69.6 Å². The monoisotopic (exact) mass is 242 g/mol. The molecule has 0 radical (unpaired) electrons. The molecule has 2 unspecified atom stereocenters. The number of rotatable bonds is 5. The Kier molecular flexibility index (Phi) is 5.41. The highest BCUT2D eigenvalue weighted by Gasteiger charge is 2.29. The first-order chi connectivity index (χ1) is 8.04. The van der Waals surface area contributed by atoms with Crippen molar-refractivity contribution < 1.29 is 14.7 Å². The molecule has 1 amide bonds. The van der Waals surface area contributed by atoms with Gasteiger partial charge in [0, 0.05) is 25.6 Å². The van der Waals surface area contributed by atoms with Gasteiger partial charge in [0.25, 0.3) is 0 Å². The molecule has 2 atom stereocenters. The number of aliphatic carboxylic acids is 1. The van der Waals surface area contributed by atoms with E-state index in [1.165, 1.54) is 0 Å². The molecule has 0 aromatic carbocycles. The van der Waals surface area contributed by atoms with Crippen LogP contribution in [0.5, 0.6) is 0 Å². The Balaban J connectivity index is 2.32. The minimum absolute atomic E-state index is 0.0695. The maximum Gasteiger partial charge on any atom is 0.306 e. The summed E-state index contributed by atoms with van der Waals surface area (Å²) < 4.78 is 0. The van der Waals surface area contributed by atoms with Gasteiger partial charge in [0.1, 0.15) is 0 Å². The summed E-state index contributed by atoms with van der Waals surface area (Å²) in [6.45, 7) is 6.10. The van der Waals surface area contributed by atoms with Crippen LogP contribution >= 0.6 is 0 Å². The summed E-state index contributed by atoms with van der Waals surface area (Å²) in [4.78, 5) is 24.4. The summed E-state index contributed by atoms with van der Waals surface area (Å²) >= 11 is 0. The predicted octanol–water partition coefficient (Wildman–Crippen LogP) is 0.698. The molecule has 1 aliphatic rings. The highest BCUT2D eigenvalue weighted by molar-refractivity contribution is 5.76. The van der Waals surface area contributed by atoms with E-state index in [1.807, 2.05) is 13.8 Å². The minimum Gasteiger partial charge on any atom is -0.481 e. The number of carboxylic acid groups (broad SMARTS) is 1. The molecule has 0 saturated carbocycles. The third kappa shape index (κ3) is 4.34. The van der Waals surface area contributed by atoms with Crippen LogP contribution in [0.3, 0.4) is 0 Å². The maximum atomic E-state index is 11.3. The van der Waals surface area contributed by atoms with Crippen LogP contribution in [-0.4, -0.2) is 47.6 Å². The van der Waals surface area contributed by atoms with Crippen LogP contribution in [0.2, 0.25) is 0 Å². The van der Waals surface area contributed by atoms with Crippen molar-refractivity contribution in [3.8, 4) is 0 Å². The first kappa shape index (κ1) is 14.0.